The number of ether oxygens (including phenoxy) is 2. The molecule has 1 rings (SSSR count). The molecule has 1 fully saturated rings. The van der Waals surface area contributed by atoms with E-state index in [0.717, 1.165) is 12.8 Å². The van der Waals surface area contributed by atoms with Crippen LogP contribution in [0.1, 0.15) is 96.8 Å². The van der Waals surface area contributed by atoms with Crippen LogP contribution in [0.25, 0.3) is 0 Å². The molecular weight excluding hydrogens is 344 g/mol. The van der Waals surface area contributed by atoms with Crippen molar-refractivity contribution >= 4 is 0 Å². The van der Waals surface area contributed by atoms with Crippen molar-refractivity contribution in [2.75, 3.05) is 19.8 Å². The van der Waals surface area contributed by atoms with Gasteiger partial charge in [-0.2, -0.15) is 0 Å². The first-order valence-electron chi connectivity index (χ1n) is 11.4. The number of hydrogen-bond acceptors (Lipinski definition) is 5. The van der Waals surface area contributed by atoms with E-state index in [9.17, 15) is 10.2 Å². The third-order valence-electron chi connectivity index (χ3n) is 5.57. The molecule has 0 aromatic heterocycles. The topological polar surface area (TPSA) is 79.2 Å². The summed E-state index contributed by atoms with van der Waals surface area (Å²) in [7, 11) is 0. The van der Waals surface area contributed by atoms with Crippen molar-refractivity contribution in [2.45, 2.75) is 121 Å². The fraction of sp³-hybridized carbons (Fsp3) is 1.00. The summed E-state index contributed by atoms with van der Waals surface area (Å²) in [5.41, 5.74) is 0. The lowest BCUT2D eigenvalue weighted by molar-refractivity contribution is -0.0730. The summed E-state index contributed by atoms with van der Waals surface area (Å²) in [6, 6.07) is 0. The van der Waals surface area contributed by atoms with Crippen molar-refractivity contribution < 1.29 is 24.8 Å². The molecule has 1 aliphatic rings. The van der Waals surface area contributed by atoms with Gasteiger partial charge in [-0.3, -0.25) is 0 Å². The molecule has 5 nitrogen and oxygen atoms in total. The number of rotatable bonds is 18. The number of aliphatic hydroxyl groups excluding tert-OH is 3. The van der Waals surface area contributed by atoms with E-state index in [0.29, 0.717) is 6.61 Å². The molecule has 0 unspecified atom stereocenters. The highest BCUT2D eigenvalue weighted by molar-refractivity contribution is 4.88. The molecule has 3 N–H and O–H groups in total. The zero-order valence-electron chi connectivity index (χ0n) is 17.5. The van der Waals surface area contributed by atoms with Crippen LogP contribution in [-0.4, -0.2) is 59.6 Å². The van der Waals surface area contributed by atoms with Crippen LogP contribution < -0.4 is 0 Å². The molecule has 1 heterocycles. The molecule has 0 bridgehead atoms. The summed E-state index contributed by atoms with van der Waals surface area (Å²) < 4.78 is 11.0. The van der Waals surface area contributed by atoms with Gasteiger partial charge in [0.1, 0.15) is 24.4 Å². The van der Waals surface area contributed by atoms with Crippen molar-refractivity contribution in [3.63, 3.8) is 0 Å². The maximum absolute atomic E-state index is 10.0. The monoisotopic (exact) mass is 388 g/mol. The first-order valence-corrected chi connectivity index (χ1v) is 11.4. The molecule has 27 heavy (non-hydrogen) atoms. The lowest BCUT2D eigenvalue weighted by Gasteiger charge is -2.20. The van der Waals surface area contributed by atoms with Gasteiger partial charge in [0.2, 0.25) is 0 Å². The van der Waals surface area contributed by atoms with Crippen LogP contribution >= 0.6 is 0 Å². The first kappa shape index (κ1) is 24.8. The van der Waals surface area contributed by atoms with E-state index in [1.807, 2.05) is 0 Å². The highest BCUT2D eigenvalue weighted by Gasteiger charge is 2.40. The predicted molar refractivity (Wildman–Crippen MR) is 109 cm³/mol. The third kappa shape index (κ3) is 11.4. The molecule has 0 radical (unpaired) electrons. The van der Waals surface area contributed by atoms with Crippen LogP contribution in [-0.2, 0) is 9.47 Å². The Morgan fingerprint density at radius 1 is 0.852 bits per heavy atom. The second kappa shape index (κ2) is 16.7. The SMILES string of the molecule is CCCCCCCCCCCCCCCCO[C@@H]1CO[C@H]([C@@H](O)CO)[C@@H]1O. The Morgan fingerprint density at radius 3 is 1.81 bits per heavy atom. The first-order chi connectivity index (χ1) is 13.2. The van der Waals surface area contributed by atoms with Gasteiger partial charge in [-0.15, -0.1) is 0 Å². The van der Waals surface area contributed by atoms with E-state index >= 15 is 0 Å². The molecule has 4 atom stereocenters. The average Bonchev–Trinajstić information content (AvgIpc) is 3.04. The third-order valence-corrected chi connectivity index (χ3v) is 5.57. The van der Waals surface area contributed by atoms with Crippen molar-refractivity contribution in [1.29, 1.82) is 0 Å². The molecule has 0 amide bonds. The maximum Gasteiger partial charge on any atom is 0.114 e. The smallest absolute Gasteiger partial charge is 0.114 e. The normalized spacial score (nSPS) is 23.8. The number of unbranched alkanes of at least 4 members (excludes halogenated alkanes) is 13. The lowest BCUT2D eigenvalue weighted by atomic mass is 10.0. The zero-order chi connectivity index (χ0) is 19.7. The van der Waals surface area contributed by atoms with Gasteiger partial charge in [-0.1, -0.05) is 90.4 Å². The van der Waals surface area contributed by atoms with Gasteiger partial charge in [0.25, 0.3) is 0 Å². The Morgan fingerprint density at radius 2 is 1.33 bits per heavy atom. The van der Waals surface area contributed by atoms with Gasteiger partial charge < -0.3 is 24.8 Å². The standard InChI is InChI=1S/C22H44O5/c1-2-3-4-5-6-7-8-9-10-11-12-13-14-15-16-26-20-18-27-22(21(20)25)19(24)17-23/h19-25H,2-18H2,1H3/t19-,20+,21+,22+/m0/s1. The minimum Gasteiger partial charge on any atom is -0.394 e. The van der Waals surface area contributed by atoms with E-state index in [1.165, 1.54) is 77.0 Å². The molecule has 5 heteroatoms. The highest BCUT2D eigenvalue weighted by Crippen LogP contribution is 2.20. The summed E-state index contributed by atoms with van der Waals surface area (Å²) in [6.07, 6.45) is 15.5. The van der Waals surface area contributed by atoms with E-state index < -0.39 is 31.0 Å². The van der Waals surface area contributed by atoms with Gasteiger partial charge in [0.15, 0.2) is 0 Å². The van der Waals surface area contributed by atoms with Crippen molar-refractivity contribution in [3.05, 3.63) is 0 Å². The van der Waals surface area contributed by atoms with Crippen LogP contribution in [0.3, 0.4) is 0 Å². The van der Waals surface area contributed by atoms with Crippen LogP contribution in [0.5, 0.6) is 0 Å². The van der Waals surface area contributed by atoms with Crippen LogP contribution in [0.4, 0.5) is 0 Å². The largest absolute Gasteiger partial charge is 0.394 e. The Balaban J connectivity index is 1.82. The summed E-state index contributed by atoms with van der Waals surface area (Å²) in [5, 5.41) is 28.5. The second-order valence-electron chi connectivity index (χ2n) is 8.04. The lowest BCUT2D eigenvalue weighted by Crippen LogP contribution is -2.41. The van der Waals surface area contributed by atoms with Gasteiger partial charge >= 0.3 is 0 Å². The van der Waals surface area contributed by atoms with Crippen molar-refractivity contribution in [3.8, 4) is 0 Å². The average molecular weight is 389 g/mol. The van der Waals surface area contributed by atoms with E-state index in [4.69, 9.17) is 14.6 Å². The summed E-state index contributed by atoms with van der Waals surface area (Å²) in [6.45, 7) is 2.75. The highest BCUT2D eigenvalue weighted by atomic mass is 16.6. The molecule has 1 aliphatic heterocycles. The number of aliphatic hydroxyl groups is 3. The minimum absolute atomic E-state index is 0.279. The maximum atomic E-state index is 10.0. The summed E-state index contributed by atoms with van der Waals surface area (Å²) in [5.74, 6) is 0. The van der Waals surface area contributed by atoms with Crippen molar-refractivity contribution in [1.82, 2.24) is 0 Å². The van der Waals surface area contributed by atoms with Crippen LogP contribution in [0.15, 0.2) is 0 Å². The van der Waals surface area contributed by atoms with Crippen molar-refractivity contribution in [2.24, 2.45) is 0 Å². The quantitative estimate of drug-likeness (QED) is 0.310. The molecule has 0 saturated carbocycles. The minimum atomic E-state index is -1.05. The number of hydrogen-bond donors (Lipinski definition) is 3. The Labute approximate surface area is 166 Å². The van der Waals surface area contributed by atoms with Gasteiger partial charge in [0, 0.05) is 6.61 Å². The van der Waals surface area contributed by atoms with E-state index in [-0.39, 0.29) is 6.61 Å². The fourth-order valence-corrected chi connectivity index (χ4v) is 3.74. The molecule has 0 aromatic carbocycles. The molecular formula is C22H44O5. The Bertz CT molecular complexity index is 326. The Hall–Kier alpha value is -0.200. The molecule has 162 valence electrons. The summed E-state index contributed by atoms with van der Waals surface area (Å²) in [4.78, 5) is 0. The molecule has 0 aromatic rings. The predicted octanol–water partition coefficient (Wildman–Crippen LogP) is 3.97. The molecule has 0 spiro atoms. The zero-order valence-corrected chi connectivity index (χ0v) is 17.5. The van der Waals surface area contributed by atoms with E-state index in [2.05, 4.69) is 6.92 Å². The second-order valence-corrected chi connectivity index (χ2v) is 8.04. The van der Waals surface area contributed by atoms with Gasteiger partial charge in [-0.05, 0) is 6.42 Å². The fourth-order valence-electron chi connectivity index (χ4n) is 3.74. The van der Waals surface area contributed by atoms with Gasteiger partial charge in [0.05, 0.1) is 13.2 Å². The Kier molecular flexibility index (Phi) is 15.4. The van der Waals surface area contributed by atoms with Crippen LogP contribution in [0, 0.1) is 0 Å². The molecule has 0 aliphatic carbocycles. The molecule has 1 saturated heterocycles. The summed E-state index contributed by atoms with van der Waals surface area (Å²) >= 11 is 0. The van der Waals surface area contributed by atoms with Crippen LogP contribution in [0.2, 0.25) is 0 Å². The van der Waals surface area contributed by atoms with E-state index in [1.54, 1.807) is 0 Å². The van der Waals surface area contributed by atoms with Gasteiger partial charge in [-0.25, -0.2) is 0 Å².